The Hall–Kier alpha value is -1.68. The highest BCUT2D eigenvalue weighted by Gasteiger charge is 2.12. The Morgan fingerprint density at radius 3 is 2.83 bits per heavy atom. The molecule has 0 saturated carbocycles. The summed E-state index contributed by atoms with van der Waals surface area (Å²) in [7, 11) is 0. The Labute approximate surface area is 106 Å². The topological polar surface area (TPSA) is 54.7 Å². The summed E-state index contributed by atoms with van der Waals surface area (Å²) < 4.78 is 13.1. The largest absolute Gasteiger partial charge is 0.342 e. The molecule has 2 aromatic rings. The maximum Gasteiger partial charge on any atom is 0.123 e. The zero-order valence-electron chi connectivity index (χ0n) is 10.7. The van der Waals surface area contributed by atoms with Crippen molar-refractivity contribution < 1.29 is 4.39 Å². The molecule has 4 heteroatoms. The number of nitrogens with two attached hydrogens (primary N) is 1. The molecule has 2 rings (SSSR count). The average Bonchev–Trinajstić information content (AvgIpc) is 2.74. The van der Waals surface area contributed by atoms with Crippen LogP contribution in [0.4, 0.5) is 4.39 Å². The van der Waals surface area contributed by atoms with Crippen molar-refractivity contribution >= 4 is 0 Å². The van der Waals surface area contributed by atoms with Gasteiger partial charge in [-0.05, 0) is 32.4 Å². The van der Waals surface area contributed by atoms with E-state index in [4.69, 9.17) is 5.73 Å². The number of hydrogen-bond donors (Lipinski definition) is 2. The molecular weight excluding hydrogens is 229 g/mol. The minimum absolute atomic E-state index is 0.203. The van der Waals surface area contributed by atoms with Gasteiger partial charge in [0.05, 0.1) is 11.9 Å². The van der Waals surface area contributed by atoms with Crippen LogP contribution in [0.5, 0.6) is 0 Å². The lowest BCUT2D eigenvalue weighted by Gasteiger charge is -2.16. The van der Waals surface area contributed by atoms with Gasteiger partial charge < -0.3 is 10.7 Å². The van der Waals surface area contributed by atoms with E-state index in [0.717, 1.165) is 29.9 Å². The second-order valence-corrected chi connectivity index (χ2v) is 5.24. The quantitative estimate of drug-likeness (QED) is 0.872. The van der Waals surface area contributed by atoms with Crippen molar-refractivity contribution in [2.45, 2.75) is 32.2 Å². The van der Waals surface area contributed by atoms with Crippen LogP contribution in [0.3, 0.4) is 0 Å². The van der Waals surface area contributed by atoms with Crippen LogP contribution < -0.4 is 5.73 Å². The molecule has 96 valence electrons. The van der Waals surface area contributed by atoms with Gasteiger partial charge >= 0.3 is 0 Å². The smallest absolute Gasteiger partial charge is 0.123 e. The molecule has 1 aromatic carbocycles. The van der Waals surface area contributed by atoms with Crippen molar-refractivity contribution in [2.24, 2.45) is 5.73 Å². The van der Waals surface area contributed by atoms with Gasteiger partial charge in [-0.2, -0.15) is 0 Å². The number of aryl methyl sites for hydroxylation is 1. The van der Waals surface area contributed by atoms with Gasteiger partial charge in [0.15, 0.2) is 0 Å². The molecule has 0 radical (unpaired) electrons. The van der Waals surface area contributed by atoms with Crippen LogP contribution in [0, 0.1) is 5.82 Å². The van der Waals surface area contributed by atoms with E-state index in [-0.39, 0.29) is 11.4 Å². The van der Waals surface area contributed by atoms with Gasteiger partial charge in [0.1, 0.15) is 11.6 Å². The number of nitrogens with one attached hydrogen (secondary N) is 1. The number of nitrogens with zero attached hydrogens (tertiary/aromatic N) is 1. The second-order valence-electron chi connectivity index (χ2n) is 5.24. The molecule has 0 atom stereocenters. The zero-order valence-corrected chi connectivity index (χ0v) is 10.7. The molecule has 3 N–H and O–H groups in total. The lowest BCUT2D eigenvalue weighted by molar-refractivity contribution is 0.472. The average molecular weight is 247 g/mol. The normalized spacial score (nSPS) is 11.8. The Morgan fingerprint density at radius 1 is 1.39 bits per heavy atom. The van der Waals surface area contributed by atoms with Crippen LogP contribution in [0.15, 0.2) is 30.5 Å². The van der Waals surface area contributed by atoms with Gasteiger partial charge in [-0.1, -0.05) is 12.1 Å². The Morgan fingerprint density at radius 2 is 2.17 bits per heavy atom. The number of halogens is 1. The fraction of sp³-hybridized carbons (Fsp3) is 0.357. The van der Waals surface area contributed by atoms with Crippen LogP contribution in [-0.4, -0.2) is 15.5 Å². The van der Waals surface area contributed by atoms with E-state index in [1.54, 1.807) is 12.3 Å². The number of imidazole rings is 1. The third kappa shape index (κ3) is 3.40. The highest BCUT2D eigenvalue weighted by atomic mass is 19.1. The number of H-pyrrole nitrogens is 1. The molecule has 0 aliphatic rings. The molecular formula is C14H18FN3. The van der Waals surface area contributed by atoms with Gasteiger partial charge in [-0.3, -0.25) is 0 Å². The Balaban J connectivity index is 2.11. The van der Waals surface area contributed by atoms with Crippen molar-refractivity contribution in [1.29, 1.82) is 0 Å². The molecule has 0 bridgehead atoms. The first-order valence-electron chi connectivity index (χ1n) is 6.03. The van der Waals surface area contributed by atoms with E-state index in [1.807, 2.05) is 19.9 Å². The molecule has 0 saturated heterocycles. The van der Waals surface area contributed by atoms with Crippen molar-refractivity contribution in [2.75, 3.05) is 0 Å². The summed E-state index contributed by atoms with van der Waals surface area (Å²) in [6.45, 7) is 3.98. The molecule has 0 unspecified atom stereocenters. The maximum atomic E-state index is 13.1. The summed E-state index contributed by atoms with van der Waals surface area (Å²) in [5.41, 5.74) is 7.37. The van der Waals surface area contributed by atoms with Crippen LogP contribution in [-0.2, 0) is 6.42 Å². The van der Waals surface area contributed by atoms with Crippen LogP contribution in [0.25, 0.3) is 11.3 Å². The summed E-state index contributed by atoms with van der Waals surface area (Å²) >= 11 is 0. The van der Waals surface area contributed by atoms with Crippen LogP contribution >= 0.6 is 0 Å². The third-order valence-corrected chi connectivity index (χ3v) is 2.77. The maximum absolute atomic E-state index is 13.1. The number of aromatic nitrogens is 2. The van der Waals surface area contributed by atoms with Crippen molar-refractivity contribution in [3.05, 3.63) is 42.1 Å². The minimum atomic E-state index is -0.244. The number of benzene rings is 1. The van der Waals surface area contributed by atoms with Gasteiger partial charge in [-0.25, -0.2) is 9.37 Å². The minimum Gasteiger partial charge on any atom is -0.342 e. The molecule has 18 heavy (non-hydrogen) atoms. The SMILES string of the molecule is CC(C)(N)CCc1ncc(-c2cccc(F)c2)[nH]1. The van der Waals surface area contributed by atoms with Crippen LogP contribution in [0.1, 0.15) is 26.1 Å². The molecule has 1 aromatic heterocycles. The molecule has 0 fully saturated rings. The summed E-state index contributed by atoms with van der Waals surface area (Å²) in [5, 5.41) is 0. The van der Waals surface area contributed by atoms with E-state index >= 15 is 0 Å². The summed E-state index contributed by atoms with van der Waals surface area (Å²) in [6, 6.07) is 6.46. The molecule has 0 spiro atoms. The van der Waals surface area contributed by atoms with Crippen molar-refractivity contribution in [1.82, 2.24) is 9.97 Å². The molecule has 0 aliphatic carbocycles. The van der Waals surface area contributed by atoms with Gasteiger partial charge in [-0.15, -0.1) is 0 Å². The number of aromatic amines is 1. The molecule has 1 heterocycles. The van der Waals surface area contributed by atoms with Crippen molar-refractivity contribution in [3.8, 4) is 11.3 Å². The fourth-order valence-electron chi connectivity index (χ4n) is 1.73. The molecule has 3 nitrogen and oxygen atoms in total. The third-order valence-electron chi connectivity index (χ3n) is 2.77. The van der Waals surface area contributed by atoms with Crippen molar-refractivity contribution in [3.63, 3.8) is 0 Å². The van der Waals surface area contributed by atoms with Crippen LogP contribution in [0.2, 0.25) is 0 Å². The number of hydrogen-bond acceptors (Lipinski definition) is 2. The van der Waals surface area contributed by atoms with Gasteiger partial charge in [0.2, 0.25) is 0 Å². The monoisotopic (exact) mass is 247 g/mol. The summed E-state index contributed by atoms with van der Waals surface area (Å²) in [5.74, 6) is 0.638. The Bertz CT molecular complexity index is 526. The van der Waals surface area contributed by atoms with Gasteiger partial charge in [0.25, 0.3) is 0 Å². The second kappa shape index (κ2) is 4.90. The molecule has 0 amide bonds. The zero-order chi connectivity index (χ0) is 13.2. The Kier molecular flexibility index (Phi) is 3.48. The van der Waals surface area contributed by atoms with E-state index in [0.29, 0.717) is 0 Å². The van der Waals surface area contributed by atoms with E-state index < -0.39 is 0 Å². The van der Waals surface area contributed by atoms with Gasteiger partial charge in [0, 0.05) is 17.5 Å². The predicted molar refractivity (Wildman–Crippen MR) is 70.6 cm³/mol. The first-order chi connectivity index (χ1) is 8.44. The standard InChI is InChI=1S/C14H18FN3/c1-14(2,16)7-6-13-17-9-12(18-13)10-4-3-5-11(15)8-10/h3-5,8-9H,6-7,16H2,1-2H3,(H,17,18). The van der Waals surface area contributed by atoms with E-state index in [9.17, 15) is 4.39 Å². The fourth-order valence-corrected chi connectivity index (χ4v) is 1.73. The summed E-state index contributed by atoms with van der Waals surface area (Å²) in [6.07, 6.45) is 3.37. The first-order valence-corrected chi connectivity index (χ1v) is 6.03. The lowest BCUT2D eigenvalue weighted by atomic mass is 10.0. The van der Waals surface area contributed by atoms with E-state index in [2.05, 4.69) is 9.97 Å². The summed E-state index contributed by atoms with van der Waals surface area (Å²) in [4.78, 5) is 7.49. The highest BCUT2D eigenvalue weighted by molar-refractivity contribution is 5.58. The molecule has 0 aliphatic heterocycles. The highest BCUT2D eigenvalue weighted by Crippen LogP contribution is 2.18. The first kappa shape index (κ1) is 12.8. The number of rotatable bonds is 4. The lowest BCUT2D eigenvalue weighted by Crippen LogP contribution is -2.32. The van der Waals surface area contributed by atoms with E-state index in [1.165, 1.54) is 12.1 Å². The predicted octanol–water partition coefficient (Wildman–Crippen LogP) is 2.89.